The second-order valence-corrected chi connectivity index (χ2v) is 9.54. The van der Waals surface area contributed by atoms with Crippen molar-refractivity contribution in [2.75, 3.05) is 0 Å². The van der Waals surface area contributed by atoms with Gasteiger partial charge in [-0.2, -0.15) is 0 Å². The maximum atomic E-state index is 11.0. The quantitative estimate of drug-likeness (QED) is 0.765. The molecule has 4 aliphatic rings. The van der Waals surface area contributed by atoms with E-state index in [1.807, 2.05) is 0 Å². The first-order valence-corrected chi connectivity index (χ1v) is 9.87. The molecule has 3 nitrogen and oxygen atoms in total. The average Bonchev–Trinajstić information content (AvgIpc) is 2.85. The molecule has 23 heavy (non-hydrogen) atoms. The molecule has 0 spiro atoms. The second kappa shape index (κ2) is 5.47. The minimum Gasteiger partial charge on any atom is -0.393 e. The summed E-state index contributed by atoms with van der Waals surface area (Å²) in [6.45, 7) is 4.99. The number of rotatable bonds is 2. The number of aliphatic hydroxyl groups excluding tert-OH is 1. The van der Waals surface area contributed by atoms with Crippen LogP contribution in [0.2, 0.25) is 0 Å². The summed E-state index contributed by atoms with van der Waals surface area (Å²) in [7, 11) is 0. The predicted molar refractivity (Wildman–Crippen MR) is 90.7 cm³/mol. The fourth-order valence-corrected chi connectivity index (χ4v) is 7.59. The van der Waals surface area contributed by atoms with Crippen molar-refractivity contribution in [3.8, 4) is 0 Å². The summed E-state index contributed by atoms with van der Waals surface area (Å²) in [5, 5.41) is 13.2. The van der Waals surface area contributed by atoms with E-state index in [0.29, 0.717) is 16.9 Å². The van der Waals surface area contributed by atoms with Crippen molar-refractivity contribution in [2.24, 2.45) is 34.5 Å². The molecule has 0 heterocycles. The number of aliphatic hydroxyl groups is 1. The van der Waals surface area contributed by atoms with Crippen LogP contribution in [0.15, 0.2) is 0 Å². The van der Waals surface area contributed by atoms with Crippen LogP contribution >= 0.6 is 0 Å². The monoisotopic (exact) mass is 319 g/mol. The van der Waals surface area contributed by atoms with Gasteiger partial charge in [-0.15, -0.1) is 0 Å². The molecule has 0 aromatic heterocycles. The molecule has 0 aromatic carbocycles. The van der Waals surface area contributed by atoms with Crippen LogP contribution in [0, 0.1) is 34.5 Å². The third-order valence-corrected chi connectivity index (χ3v) is 8.91. The molecular formula is C20H33NO2. The number of nitrogens with one attached hydrogen (secondary N) is 1. The summed E-state index contributed by atoms with van der Waals surface area (Å²) in [6.07, 6.45) is 11.9. The van der Waals surface area contributed by atoms with E-state index >= 15 is 0 Å². The maximum absolute atomic E-state index is 11.0. The first-order chi connectivity index (χ1) is 11.0. The topological polar surface area (TPSA) is 49.3 Å². The van der Waals surface area contributed by atoms with Crippen LogP contribution in [0.1, 0.15) is 71.6 Å². The summed E-state index contributed by atoms with van der Waals surface area (Å²) < 4.78 is 0. The molecule has 2 N–H and O–H groups in total. The second-order valence-electron chi connectivity index (χ2n) is 9.54. The van der Waals surface area contributed by atoms with E-state index in [9.17, 15) is 9.90 Å². The van der Waals surface area contributed by atoms with Gasteiger partial charge in [-0.25, -0.2) is 0 Å². The molecule has 4 fully saturated rings. The van der Waals surface area contributed by atoms with E-state index in [2.05, 4.69) is 19.2 Å². The van der Waals surface area contributed by atoms with Crippen molar-refractivity contribution in [1.82, 2.24) is 5.32 Å². The highest BCUT2D eigenvalue weighted by Crippen LogP contribution is 2.66. The summed E-state index contributed by atoms with van der Waals surface area (Å²) in [6, 6.07) is 0.393. The average molecular weight is 319 g/mol. The van der Waals surface area contributed by atoms with Crippen LogP contribution in [-0.2, 0) is 4.79 Å². The number of carbonyl (C=O) groups is 1. The molecule has 0 unspecified atom stereocenters. The lowest BCUT2D eigenvalue weighted by Crippen LogP contribution is -2.55. The Hall–Kier alpha value is -0.570. The summed E-state index contributed by atoms with van der Waals surface area (Å²) >= 11 is 0. The van der Waals surface area contributed by atoms with Crippen LogP contribution in [0.5, 0.6) is 0 Å². The minimum atomic E-state index is -0.0499. The van der Waals surface area contributed by atoms with Crippen molar-refractivity contribution < 1.29 is 9.90 Å². The van der Waals surface area contributed by atoms with Gasteiger partial charge in [0.25, 0.3) is 0 Å². The highest BCUT2D eigenvalue weighted by molar-refractivity contribution is 5.47. The lowest BCUT2D eigenvalue weighted by molar-refractivity contribution is -0.126. The number of amides is 1. The molecule has 0 aromatic rings. The molecule has 4 saturated carbocycles. The fourth-order valence-electron chi connectivity index (χ4n) is 7.59. The van der Waals surface area contributed by atoms with Gasteiger partial charge in [0, 0.05) is 6.04 Å². The Morgan fingerprint density at radius 3 is 2.48 bits per heavy atom. The zero-order chi connectivity index (χ0) is 16.2. The molecule has 3 heteroatoms. The largest absolute Gasteiger partial charge is 0.393 e. The Bertz CT molecular complexity index is 480. The number of hydrogen-bond donors (Lipinski definition) is 2. The van der Waals surface area contributed by atoms with E-state index in [0.717, 1.165) is 42.9 Å². The Balaban J connectivity index is 1.59. The van der Waals surface area contributed by atoms with Crippen molar-refractivity contribution in [3.63, 3.8) is 0 Å². The van der Waals surface area contributed by atoms with Crippen molar-refractivity contribution >= 4 is 6.41 Å². The van der Waals surface area contributed by atoms with Crippen molar-refractivity contribution in [3.05, 3.63) is 0 Å². The highest BCUT2D eigenvalue weighted by atomic mass is 16.3. The Labute approximate surface area is 140 Å². The molecule has 0 radical (unpaired) electrons. The summed E-state index contributed by atoms with van der Waals surface area (Å²) in [5.41, 5.74) is 0.777. The molecule has 8 atom stereocenters. The molecule has 0 saturated heterocycles. The molecule has 0 bridgehead atoms. The summed E-state index contributed by atoms with van der Waals surface area (Å²) in [5.74, 6) is 3.23. The van der Waals surface area contributed by atoms with Crippen LogP contribution < -0.4 is 5.32 Å². The predicted octanol–water partition coefficient (Wildman–Crippen LogP) is 3.50. The van der Waals surface area contributed by atoms with E-state index in [4.69, 9.17) is 0 Å². The normalized spacial score (nSPS) is 55.4. The molecular weight excluding hydrogens is 286 g/mol. The maximum Gasteiger partial charge on any atom is 0.207 e. The third-order valence-electron chi connectivity index (χ3n) is 8.91. The van der Waals surface area contributed by atoms with Crippen LogP contribution in [0.3, 0.4) is 0 Å². The Kier molecular flexibility index (Phi) is 3.79. The smallest absolute Gasteiger partial charge is 0.207 e. The molecule has 130 valence electrons. The van der Waals surface area contributed by atoms with Gasteiger partial charge >= 0.3 is 0 Å². The first-order valence-electron chi connectivity index (χ1n) is 9.87. The van der Waals surface area contributed by atoms with E-state index < -0.39 is 0 Å². The van der Waals surface area contributed by atoms with Crippen molar-refractivity contribution in [1.29, 1.82) is 0 Å². The van der Waals surface area contributed by atoms with Gasteiger partial charge in [-0.05, 0) is 92.3 Å². The first kappa shape index (κ1) is 15.9. The van der Waals surface area contributed by atoms with Crippen molar-refractivity contribution in [2.45, 2.75) is 83.8 Å². The number of carbonyl (C=O) groups excluding carboxylic acids is 1. The van der Waals surface area contributed by atoms with Gasteiger partial charge in [0.05, 0.1) is 6.10 Å². The standard InChI is InChI=1S/C20H33NO2/c1-19-9-7-14(23)11-13(19)3-4-15-16-5-6-18(21-12-22)20(16,2)10-8-17(15)19/h12-18,23H,3-11H2,1-2H3,(H,21,22)/t13-,14+,15+,16+,17-,18-,19-,20-/m0/s1. The third kappa shape index (κ3) is 2.22. The Morgan fingerprint density at radius 2 is 1.70 bits per heavy atom. The van der Waals surface area contributed by atoms with Crippen LogP contribution in [0.4, 0.5) is 0 Å². The van der Waals surface area contributed by atoms with Gasteiger partial charge in [0.15, 0.2) is 0 Å². The number of hydrogen-bond acceptors (Lipinski definition) is 2. The molecule has 0 aliphatic heterocycles. The van der Waals surface area contributed by atoms with E-state index in [-0.39, 0.29) is 6.10 Å². The minimum absolute atomic E-state index is 0.0499. The van der Waals surface area contributed by atoms with Crippen LogP contribution in [-0.4, -0.2) is 23.7 Å². The lowest BCUT2D eigenvalue weighted by Gasteiger charge is -2.60. The van der Waals surface area contributed by atoms with Gasteiger partial charge in [0.1, 0.15) is 0 Å². The molecule has 4 aliphatic carbocycles. The van der Waals surface area contributed by atoms with E-state index in [1.54, 1.807) is 0 Å². The zero-order valence-electron chi connectivity index (χ0n) is 14.8. The molecule has 4 rings (SSSR count). The van der Waals surface area contributed by atoms with Gasteiger partial charge in [-0.3, -0.25) is 4.79 Å². The number of fused-ring (bicyclic) bond motifs is 5. The summed E-state index contributed by atoms with van der Waals surface area (Å²) in [4.78, 5) is 11.0. The van der Waals surface area contributed by atoms with E-state index in [1.165, 1.54) is 44.9 Å². The zero-order valence-corrected chi connectivity index (χ0v) is 14.8. The van der Waals surface area contributed by atoms with Gasteiger partial charge in [0.2, 0.25) is 6.41 Å². The van der Waals surface area contributed by atoms with Gasteiger partial charge in [-0.1, -0.05) is 13.8 Å². The lowest BCUT2D eigenvalue weighted by atomic mass is 9.45. The van der Waals surface area contributed by atoms with Crippen LogP contribution in [0.25, 0.3) is 0 Å². The SMILES string of the molecule is C[C@]12CC[C@@H](O)C[C@@H]1CC[C@@H]1[C@H]3CC[C@H](NC=O)[C@@]3(C)CC[C@@H]12. The van der Waals surface area contributed by atoms with Gasteiger partial charge < -0.3 is 10.4 Å². The molecule has 1 amide bonds. The fraction of sp³-hybridized carbons (Fsp3) is 0.950. The highest BCUT2D eigenvalue weighted by Gasteiger charge is 2.60. The Morgan fingerprint density at radius 1 is 0.957 bits per heavy atom.